The fraction of sp³-hybridized carbons (Fsp3) is 0.889. The third-order valence-electron chi connectivity index (χ3n) is 2.18. The molecule has 0 bridgehead atoms. The molecule has 1 aliphatic carbocycles. The van der Waals surface area contributed by atoms with Gasteiger partial charge < -0.3 is 5.32 Å². The Bertz CT molecular complexity index is 148. The minimum atomic E-state index is 0.248. The van der Waals surface area contributed by atoms with E-state index in [1.807, 2.05) is 13.8 Å². The fourth-order valence-corrected chi connectivity index (χ4v) is 1.52. The van der Waals surface area contributed by atoms with Gasteiger partial charge in [-0.25, -0.2) is 0 Å². The van der Waals surface area contributed by atoms with Gasteiger partial charge in [-0.2, -0.15) is 0 Å². The van der Waals surface area contributed by atoms with Crippen LogP contribution in [-0.4, -0.2) is 11.9 Å². The van der Waals surface area contributed by atoms with Crippen molar-refractivity contribution >= 4 is 5.91 Å². The van der Waals surface area contributed by atoms with Crippen LogP contribution in [0.1, 0.15) is 33.6 Å². The summed E-state index contributed by atoms with van der Waals surface area (Å²) in [5.41, 5.74) is 0. The molecule has 0 aromatic rings. The molecule has 0 atom stereocenters. The topological polar surface area (TPSA) is 29.1 Å². The Balaban J connectivity index is 2.21. The second-order valence-corrected chi connectivity index (χ2v) is 3.94. The van der Waals surface area contributed by atoms with E-state index in [-0.39, 0.29) is 5.91 Å². The average molecular weight is 155 g/mol. The van der Waals surface area contributed by atoms with Crippen molar-refractivity contribution < 1.29 is 4.79 Å². The lowest BCUT2D eigenvalue weighted by Gasteiger charge is -2.31. The van der Waals surface area contributed by atoms with E-state index in [1.165, 1.54) is 0 Å². The Kier molecular flexibility index (Phi) is 2.53. The smallest absolute Gasteiger partial charge is 0.223 e. The van der Waals surface area contributed by atoms with Crippen molar-refractivity contribution in [2.24, 2.45) is 11.8 Å². The van der Waals surface area contributed by atoms with E-state index < -0.39 is 0 Å². The van der Waals surface area contributed by atoms with Crippen molar-refractivity contribution in [3.63, 3.8) is 0 Å². The molecule has 0 unspecified atom stereocenters. The van der Waals surface area contributed by atoms with Gasteiger partial charge >= 0.3 is 0 Å². The van der Waals surface area contributed by atoms with Crippen LogP contribution < -0.4 is 5.32 Å². The highest BCUT2D eigenvalue weighted by molar-refractivity contribution is 5.79. The van der Waals surface area contributed by atoms with Crippen molar-refractivity contribution in [3.8, 4) is 0 Å². The monoisotopic (exact) mass is 155 g/mol. The summed E-state index contributed by atoms with van der Waals surface area (Å²) < 4.78 is 0. The largest absolute Gasteiger partial charge is 0.354 e. The molecule has 0 aromatic carbocycles. The second kappa shape index (κ2) is 3.24. The molecule has 0 aromatic heterocycles. The van der Waals surface area contributed by atoms with E-state index in [0.29, 0.717) is 12.0 Å². The lowest BCUT2D eigenvalue weighted by Crippen LogP contribution is -2.40. The number of nitrogens with one attached hydrogen (secondary N) is 1. The van der Waals surface area contributed by atoms with Gasteiger partial charge in [-0.1, -0.05) is 6.92 Å². The molecule has 0 saturated heterocycles. The number of carbonyl (C=O) groups is 1. The molecule has 1 fully saturated rings. The van der Waals surface area contributed by atoms with Crippen molar-refractivity contribution in [2.75, 3.05) is 0 Å². The average Bonchev–Trinajstić information content (AvgIpc) is 1.79. The Morgan fingerprint density at radius 1 is 1.45 bits per heavy atom. The van der Waals surface area contributed by atoms with E-state index in [0.717, 1.165) is 18.8 Å². The van der Waals surface area contributed by atoms with Crippen molar-refractivity contribution in [1.82, 2.24) is 5.32 Å². The van der Waals surface area contributed by atoms with Gasteiger partial charge in [0, 0.05) is 12.0 Å². The van der Waals surface area contributed by atoms with Crippen LogP contribution in [0.2, 0.25) is 0 Å². The zero-order chi connectivity index (χ0) is 8.43. The molecule has 1 rings (SSSR count). The Morgan fingerprint density at radius 2 is 2.00 bits per heavy atom. The van der Waals surface area contributed by atoms with Crippen LogP contribution in [0.3, 0.4) is 0 Å². The van der Waals surface area contributed by atoms with Crippen molar-refractivity contribution in [3.05, 3.63) is 0 Å². The van der Waals surface area contributed by atoms with Crippen molar-refractivity contribution in [1.29, 1.82) is 0 Å². The van der Waals surface area contributed by atoms with E-state index >= 15 is 0 Å². The minimum absolute atomic E-state index is 0.248. The van der Waals surface area contributed by atoms with Gasteiger partial charge in [0.25, 0.3) is 0 Å². The summed E-state index contributed by atoms with van der Waals surface area (Å²) in [6.45, 7) is 6.19. The van der Waals surface area contributed by atoms with Crippen LogP contribution in [0.5, 0.6) is 0 Å². The molecule has 64 valence electrons. The maximum atomic E-state index is 11.3. The maximum absolute atomic E-state index is 11.3. The summed E-state index contributed by atoms with van der Waals surface area (Å²) in [6, 6.07) is 0.290. The molecule has 0 spiro atoms. The summed E-state index contributed by atoms with van der Waals surface area (Å²) in [6.07, 6.45) is 2.16. The third-order valence-corrected chi connectivity index (χ3v) is 2.18. The Labute approximate surface area is 68.4 Å². The molecule has 1 amide bonds. The van der Waals surface area contributed by atoms with Gasteiger partial charge in [-0.15, -0.1) is 0 Å². The summed E-state index contributed by atoms with van der Waals surface area (Å²) in [4.78, 5) is 11.3. The molecule has 0 heterocycles. The summed E-state index contributed by atoms with van der Waals surface area (Å²) in [5, 5.41) is 2.93. The minimum Gasteiger partial charge on any atom is -0.354 e. The predicted molar refractivity (Wildman–Crippen MR) is 45.2 cm³/mol. The van der Waals surface area contributed by atoms with Gasteiger partial charge in [0.1, 0.15) is 0 Å². The first-order valence-corrected chi connectivity index (χ1v) is 4.40. The number of carbonyl (C=O) groups excluding carboxylic acids is 1. The molecular weight excluding hydrogens is 138 g/mol. The highest BCUT2D eigenvalue weighted by Crippen LogP contribution is 2.32. The normalized spacial score (nSPS) is 29.8. The predicted octanol–water partition coefficient (Wildman–Crippen LogP) is 1.56. The zero-order valence-corrected chi connectivity index (χ0v) is 7.55. The standard InChI is InChI=1S/C9H17NO/c1-6(2)10-9(11)8-4-7(3)5-8/h6-8H,4-5H2,1-3H3,(H,10,11). The lowest BCUT2D eigenvalue weighted by molar-refractivity contribution is -0.129. The summed E-state index contributed by atoms with van der Waals surface area (Å²) in [5.74, 6) is 1.32. The fourth-order valence-electron chi connectivity index (χ4n) is 1.52. The van der Waals surface area contributed by atoms with Gasteiger partial charge in [-0.3, -0.25) is 4.79 Å². The first kappa shape index (κ1) is 8.57. The number of hydrogen-bond donors (Lipinski definition) is 1. The van der Waals surface area contributed by atoms with Gasteiger partial charge in [-0.05, 0) is 32.6 Å². The molecule has 2 heteroatoms. The Morgan fingerprint density at radius 3 is 2.36 bits per heavy atom. The maximum Gasteiger partial charge on any atom is 0.223 e. The van der Waals surface area contributed by atoms with E-state index in [2.05, 4.69) is 12.2 Å². The summed E-state index contributed by atoms with van der Waals surface area (Å²) >= 11 is 0. The van der Waals surface area contributed by atoms with Crippen LogP contribution in [0.25, 0.3) is 0 Å². The van der Waals surface area contributed by atoms with Gasteiger partial charge in [0.15, 0.2) is 0 Å². The SMILES string of the molecule is CC1CC(C(=O)NC(C)C)C1. The van der Waals surface area contributed by atoms with Crippen LogP contribution in [0.4, 0.5) is 0 Å². The number of rotatable bonds is 2. The van der Waals surface area contributed by atoms with Crippen LogP contribution in [0, 0.1) is 11.8 Å². The number of amides is 1. The Hall–Kier alpha value is -0.530. The summed E-state index contributed by atoms with van der Waals surface area (Å²) in [7, 11) is 0. The quantitative estimate of drug-likeness (QED) is 0.644. The van der Waals surface area contributed by atoms with E-state index in [9.17, 15) is 4.79 Å². The highest BCUT2D eigenvalue weighted by atomic mass is 16.1. The molecule has 2 nitrogen and oxygen atoms in total. The lowest BCUT2D eigenvalue weighted by atomic mass is 9.75. The molecule has 1 aliphatic rings. The van der Waals surface area contributed by atoms with E-state index in [1.54, 1.807) is 0 Å². The zero-order valence-electron chi connectivity index (χ0n) is 7.55. The molecule has 0 aliphatic heterocycles. The van der Waals surface area contributed by atoms with Crippen LogP contribution >= 0.6 is 0 Å². The molecule has 1 N–H and O–H groups in total. The van der Waals surface area contributed by atoms with Gasteiger partial charge in [0.05, 0.1) is 0 Å². The number of hydrogen-bond acceptors (Lipinski definition) is 1. The first-order valence-electron chi connectivity index (χ1n) is 4.40. The molecule has 1 saturated carbocycles. The van der Waals surface area contributed by atoms with Crippen LogP contribution in [-0.2, 0) is 4.79 Å². The van der Waals surface area contributed by atoms with E-state index in [4.69, 9.17) is 0 Å². The second-order valence-electron chi connectivity index (χ2n) is 3.94. The van der Waals surface area contributed by atoms with Gasteiger partial charge in [0.2, 0.25) is 5.91 Å². The molecular formula is C9H17NO. The first-order chi connectivity index (χ1) is 5.09. The molecule has 0 radical (unpaired) electrons. The highest BCUT2D eigenvalue weighted by Gasteiger charge is 2.31. The van der Waals surface area contributed by atoms with Crippen LogP contribution in [0.15, 0.2) is 0 Å². The third kappa shape index (κ3) is 2.21. The van der Waals surface area contributed by atoms with Crippen molar-refractivity contribution in [2.45, 2.75) is 39.7 Å². The molecule has 11 heavy (non-hydrogen) atoms.